The maximum Gasteiger partial charge on any atom is 0.329 e. The second kappa shape index (κ2) is 14.1. The van der Waals surface area contributed by atoms with Crippen LogP contribution in [0.5, 0.6) is 5.75 Å². The van der Waals surface area contributed by atoms with E-state index in [2.05, 4.69) is 11.1 Å². The summed E-state index contributed by atoms with van der Waals surface area (Å²) in [5.74, 6) is -1.57. The van der Waals surface area contributed by atoms with Crippen molar-refractivity contribution >= 4 is 17.8 Å². The van der Waals surface area contributed by atoms with Gasteiger partial charge in [0.25, 0.3) is 5.91 Å². The lowest BCUT2D eigenvalue weighted by molar-refractivity contribution is -0.405. The van der Waals surface area contributed by atoms with Crippen molar-refractivity contribution in [2.45, 2.75) is 74.5 Å². The Morgan fingerprint density at radius 1 is 0.952 bits per heavy atom. The van der Waals surface area contributed by atoms with Crippen LogP contribution in [-0.4, -0.2) is 110 Å². The van der Waals surface area contributed by atoms with Gasteiger partial charge in [-0.1, -0.05) is 42.5 Å². The molecular weight excluding hydrogens is 550 g/mol. The third-order valence-electron chi connectivity index (χ3n) is 7.57. The lowest BCUT2D eigenvalue weighted by Gasteiger charge is -2.38. The first-order valence-corrected chi connectivity index (χ1v) is 13.8. The number of hydrogen-bond donors (Lipinski definition) is 7. The van der Waals surface area contributed by atoms with E-state index in [4.69, 9.17) is 9.47 Å². The van der Waals surface area contributed by atoms with Crippen molar-refractivity contribution in [1.82, 2.24) is 10.2 Å². The Balaban J connectivity index is 1.41. The van der Waals surface area contributed by atoms with Crippen molar-refractivity contribution in [1.29, 1.82) is 0 Å². The van der Waals surface area contributed by atoms with Crippen LogP contribution in [-0.2, 0) is 36.7 Å². The summed E-state index contributed by atoms with van der Waals surface area (Å²) in [4.78, 5) is 41.4. The third-order valence-corrected chi connectivity index (χ3v) is 7.57. The van der Waals surface area contributed by atoms with Crippen LogP contribution in [0.1, 0.15) is 24.0 Å². The largest absolute Gasteiger partial charge is 0.508 e. The predicted molar refractivity (Wildman–Crippen MR) is 145 cm³/mol. The number of phenols is 1. The number of aromatic hydroxyl groups is 1. The fraction of sp³-hybridized carbons (Fsp3) is 0.483. The number of nitrogens with one attached hydrogen (secondary N) is 1. The van der Waals surface area contributed by atoms with Crippen LogP contribution < -0.4 is 11.1 Å². The third kappa shape index (κ3) is 7.62. The first-order valence-electron chi connectivity index (χ1n) is 13.8. The van der Waals surface area contributed by atoms with Crippen LogP contribution >= 0.6 is 0 Å². The molecule has 8 atom stereocenters. The molecular formula is C29H38N3O10+. The maximum absolute atomic E-state index is 13.4. The number of amides is 2. The number of carbonyl (C=O) groups excluding carboxylic acids is 3. The molecule has 0 aliphatic carbocycles. The zero-order valence-corrected chi connectivity index (χ0v) is 23.0. The zero-order chi connectivity index (χ0) is 30.4. The summed E-state index contributed by atoms with van der Waals surface area (Å²) in [6.45, 7) is -0.198. The molecule has 2 aromatic rings. The van der Waals surface area contributed by atoms with E-state index in [1.807, 2.05) is 0 Å². The van der Waals surface area contributed by atoms with Gasteiger partial charge in [-0.2, -0.15) is 0 Å². The van der Waals surface area contributed by atoms with Crippen LogP contribution in [0.15, 0.2) is 54.6 Å². The molecule has 0 saturated carbocycles. The smallest absolute Gasteiger partial charge is 0.329 e. The van der Waals surface area contributed by atoms with Gasteiger partial charge in [0.2, 0.25) is 5.91 Å². The number of aliphatic hydroxyl groups is 4. The normalized spacial score (nSPS) is 27.2. The number of benzene rings is 2. The Morgan fingerprint density at radius 3 is 2.31 bits per heavy atom. The minimum absolute atomic E-state index is 0.0724. The number of aliphatic hydroxyl groups excluding tert-OH is 4. The van der Waals surface area contributed by atoms with Crippen LogP contribution in [0.25, 0.3) is 0 Å². The van der Waals surface area contributed by atoms with Crippen molar-refractivity contribution in [2.75, 3.05) is 13.2 Å². The molecule has 0 unspecified atom stereocenters. The number of rotatable bonds is 10. The minimum Gasteiger partial charge on any atom is -0.508 e. The van der Waals surface area contributed by atoms with Gasteiger partial charge in [-0.25, -0.2) is 4.79 Å². The highest BCUT2D eigenvalue weighted by molar-refractivity contribution is 5.92. The van der Waals surface area contributed by atoms with Gasteiger partial charge in [-0.15, -0.1) is 0 Å². The summed E-state index contributed by atoms with van der Waals surface area (Å²) in [5.41, 5.74) is 5.53. The summed E-state index contributed by atoms with van der Waals surface area (Å²) in [7, 11) is 0. The Labute approximate surface area is 242 Å². The van der Waals surface area contributed by atoms with E-state index in [9.17, 15) is 39.9 Å². The van der Waals surface area contributed by atoms with Gasteiger partial charge in [0, 0.05) is 19.4 Å². The highest BCUT2D eigenvalue weighted by Gasteiger charge is 2.44. The molecule has 2 aliphatic heterocycles. The number of phenolic OH excluding ortho intramolecular Hbond substituents is 1. The topological polar surface area (TPSA) is 214 Å². The van der Waals surface area contributed by atoms with E-state index in [0.29, 0.717) is 25.8 Å². The number of nitrogens with zero attached hydrogens (tertiary/aromatic N) is 1. The SMILES string of the molecule is [NH3+][C@@H](Cc1ccc(O)cc1)C(=O)N1CCC[C@H]1C(=O)N[C@@H](Cc1ccccc1)C(=O)OC[C@H]1O[C@H](O)[C@H](O)[C@@H](O)[C@@H]1O. The molecule has 0 aromatic heterocycles. The van der Waals surface area contributed by atoms with Gasteiger partial charge in [0.15, 0.2) is 12.3 Å². The number of likely N-dealkylation sites (tertiary alicyclic amines) is 1. The van der Waals surface area contributed by atoms with Gasteiger partial charge >= 0.3 is 5.97 Å². The van der Waals surface area contributed by atoms with E-state index in [0.717, 1.165) is 11.1 Å². The average Bonchev–Trinajstić information content (AvgIpc) is 3.48. The van der Waals surface area contributed by atoms with Crippen molar-refractivity contribution in [2.24, 2.45) is 0 Å². The monoisotopic (exact) mass is 588 g/mol. The molecule has 0 spiro atoms. The molecule has 0 radical (unpaired) electrons. The van der Waals surface area contributed by atoms with Crippen LogP contribution in [0.3, 0.4) is 0 Å². The Hall–Kier alpha value is -3.59. The van der Waals surface area contributed by atoms with Gasteiger partial charge in [0.1, 0.15) is 48.9 Å². The molecule has 2 fully saturated rings. The molecule has 2 aliphatic rings. The van der Waals surface area contributed by atoms with Crippen molar-refractivity contribution in [3.63, 3.8) is 0 Å². The maximum atomic E-state index is 13.4. The zero-order valence-electron chi connectivity index (χ0n) is 23.0. The number of carbonyl (C=O) groups is 3. The number of hydrogen-bond acceptors (Lipinski definition) is 10. The first-order chi connectivity index (χ1) is 20.0. The first kappa shape index (κ1) is 31.3. The summed E-state index contributed by atoms with van der Waals surface area (Å²) in [6, 6.07) is 12.7. The quantitative estimate of drug-likeness (QED) is 0.146. The molecule has 13 nitrogen and oxygen atoms in total. The fourth-order valence-electron chi connectivity index (χ4n) is 5.19. The van der Waals surface area contributed by atoms with E-state index in [-0.39, 0.29) is 18.1 Å². The number of quaternary nitrogens is 1. The van der Waals surface area contributed by atoms with E-state index < -0.39 is 67.3 Å². The van der Waals surface area contributed by atoms with E-state index in [1.165, 1.54) is 17.0 Å². The predicted octanol–water partition coefficient (Wildman–Crippen LogP) is -2.39. The Kier molecular flexibility index (Phi) is 10.5. The molecule has 13 heteroatoms. The highest BCUT2D eigenvalue weighted by Crippen LogP contribution is 2.22. The van der Waals surface area contributed by atoms with Crippen LogP contribution in [0, 0.1) is 0 Å². The summed E-state index contributed by atoms with van der Waals surface area (Å²) >= 11 is 0. The summed E-state index contributed by atoms with van der Waals surface area (Å²) < 4.78 is 10.4. The van der Waals surface area contributed by atoms with Gasteiger partial charge in [0.05, 0.1) is 0 Å². The molecule has 2 amide bonds. The molecule has 0 bridgehead atoms. The van der Waals surface area contributed by atoms with Crippen LogP contribution in [0.4, 0.5) is 0 Å². The molecule has 2 heterocycles. The lowest BCUT2D eigenvalue weighted by Crippen LogP contribution is -2.69. The second-order valence-corrected chi connectivity index (χ2v) is 10.7. The molecule has 2 saturated heterocycles. The highest BCUT2D eigenvalue weighted by atomic mass is 16.6. The van der Waals surface area contributed by atoms with Gasteiger partial charge < -0.3 is 51.0 Å². The molecule has 9 N–H and O–H groups in total. The van der Waals surface area contributed by atoms with E-state index in [1.54, 1.807) is 42.5 Å². The number of ether oxygens (including phenoxy) is 2. The minimum atomic E-state index is -1.79. The van der Waals surface area contributed by atoms with Crippen molar-refractivity contribution < 1.29 is 55.1 Å². The molecule has 228 valence electrons. The van der Waals surface area contributed by atoms with Crippen molar-refractivity contribution in [3.8, 4) is 5.75 Å². The Bertz CT molecular complexity index is 1210. The molecule has 42 heavy (non-hydrogen) atoms. The second-order valence-electron chi connectivity index (χ2n) is 10.7. The Morgan fingerprint density at radius 2 is 1.62 bits per heavy atom. The standard InChI is InChI=1S/C29H37N3O10/c30-19(13-17-8-10-18(33)11-9-17)27(38)32-12-4-7-21(32)26(37)31-20(14-16-5-2-1-3-6-16)28(39)41-15-22-23(34)24(35)25(36)29(40)42-22/h1-3,5-6,8-11,19-25,29,33-36,40H,4,7,12-15,30H2,(H,31,37)/p+1/t19-,20-,21-,22+,23+,24-,25+,29-/m0/s1. The van der Waals surface area contributed by atoms with Crippen LogP contribution in [0.2, 0.25) is 0 Å². The van der Waals surface area contributed by atoms with Crippen molar-refractivity contribution in [3.05, 3.63) is 65.7 Å². The molecule has 4 rings (SSSR count). The van der Waals surface area contributed by atoms with Gasteiger partial charge in [-0.3, -0.25) is 9.59 Å². The lowest BCUT2D eigenvalue weighted by atomic mass is 9.99. The summed E-state index contributed by atoms with van der Waals surface area (Å²) in [5, 5.41) is 51.7. The fourth-order valence-corrected chi connectivity index (χ4v) is 5.19. The number of esters is 1. The average molecular weight is 589 g/mol. The molecule has 2 aromatic carbocycles. The van der Waals surface area contributed by atoms with Gasteiger partial charge in [-0.05, 0) is 36.1 Å². The van der Waals surface area contributed by atoms with E-state index >= 15 is 0 Å². The summed E-state index contributed by atoms with van der Waals surface area (Å²) in [6.07, 6.45) is -6.79.